The molecule has 1 aromatic carbocycles. The number of halogens is 1. The molecular weight excluding hydrogens is 437 g/mol. The molecule has 12 heteroatoms. The number of amides is 2. The number of nitrogens with one attached hydrogen (secondary N) is 2. The second-order valence-electron chi connectivity index (χ2n) is 5.79. The van der Waals surface area contributed by atoms with Crippen molar-refractivity contribution >= 4 is 39.1 Å². The number of thiophene rings is 1. The lowest BCUT2D eigenvalue weighted by Crippen LogP contribution is -2.43. The minimum absolute atomic E-state index is 0.129. The lowest BCUT2D eigenvalue weighted by molar-refractivity contribution is -0.125. The molecule has 0 fully saturated rings. The highest BCUT2D eigenvalue weighted by atomic mass is 32.2. The Bertz CT molecular complexity index is 1020. The summed E-state index contributed by atoms with van der Waals surface area (Å²) in [7, 11) is -4.13. The molecule has 2 N–H and O–H groups in total. The van der Waals surface area contributed by atoms with Gasteiger partial charge in [-0.3, -0.25) is 20.4 Å². The molecule has 0 saturated heterocycles. The molecule has 1 heterocycles. The van der Waals surface area contributed by atoms with Crippen LogP contribution in [0, 0.1) is 5.82 Å². The zero-order chi connectivity index (χ0) is 22.3. The van der Waals surface area contributed by atoms with Gasteiger partial charge in [0.05, 0.1) is 10.4 Å². The normalized spacial score (nSPS) is 11.2. The number of rotatable bonds is 8. The van der Waals surface area contributed by atoms with Gasteiger partial charge in [-0.05, 0) is 29.6 Å². The van der Waals surface area contributed by atoms with E-state index in [0.29, 0.717) is 4.88 Å². The molecule has 9 nitrogen and oxygen atoms in total. The van der Waals surface area contributed by atoms with Gasteiger partial charge in [-0.15, -0.1) is 11.3 Å². The summed E-state index contributed by atoms with van der Waals surface area (Å²) in [5.74, 6) is -3.38. The third kappa shape index (κ3) is 5.62. The number of hydrogen-bond acceptors (Lipinski definition) is 7. The Hall–Kier alpha value is -2.83. The number of esters is 1. The Balaban J connectivity index is 2.00. The Morgan fingerprint density at radius 3 is 2.43 bits per heavy atom. The Morgan fingerprint density at radius 1 is 1.13 bits per heavy atom. The van der Waals surface area contributed by atoms with Crippen LogP contribution in [0.15, 0.2) is 40.6 Å². The molecule has 0 aliphatic rings. The van der Waals surface area contributed by atoms with Crippen LogP contribution in [0.25, 0.3) is 0 Å². The fourth-order valence-electron chi connectivity index (χ4n) is 2.38. The van der Waals surface area contributed by atoms with Gasteiger partial charge in [-0.25, -0.2) is 17.6 Å². The molecule has 0 aliphatic carbocycles. The van der Waals surface area contributed by atoms with E-state index in [1.807, 2.05) is 0 Å². The van der Waals surface area contributed by atoms with E-state index < -0.39 is 45.1 Å². The lowest BCUT2D eigenvalue weighted by atomic mass is 10.2. The molecule has 2 aromatic rings. The van der Waals surface area contributed by atoms with Gasteiger partial charge in [-0.2, -0.15) is 4.31 Å². The van der Waals surface area contributed by atoms with Gasteiger partial charge in [0, 0.05) is 13.1 Å². The van der Waals surface area contributed by atoms with E-state index in [9.17, 15) is 27.2 Å². The van der Waals surface area contributed by atoms with Crippen LogP contribution in [-0.4, -0.2) is 50.2 Å². The fraction of sp³-hybridized carbons (Fsp3) is 0.278. The summed E-state index contributed by atoms with van der Waals surface area (Å²) in [6, 6.07) is 5.98. The molecule has 0 radical (unpaired) electrons. The summed E-state index contributed by atoms with van der Waals surface area (Å²) in [5, 5.41) is 1.69. The molecule has 0 unspecified atom stereocenters. The highest BCUT2D eigenvalue weighted by Gasteiger charge is 2.26. The topological polar surface area (TPSA) is 122 Å². The number of ether oxygens (including phenoxy) is 1. The molecule has 2 rings (SSSR count). The Labute approximate surface area is 176 Å². The highest BCUT2D eigenvalue weighted by molar-refractivity contribution is 7.89. The van der Waals surface area contributed by atoms with Crippen LogP contribution in [0.4, 0.5) is 4.39 Å². The molecule has 0 aliphatic heterocycles. The van der Waals surface area contributed by atoms with Crippen LogP contribution >= 0.6 is 11.3 Å². The molecule has 2 amide bonds. The van der Waals surface area contributed by atoms with Crippen molar-refractivity contribution in [2.45, 2.75) is 18.7 Å². The van der Waals surface area contributed by atoms with E-state index in [4.69, 9.17) is 4.74 Å². The molecule has 1 aromatic heterocycles. The quantitative estimate of drug-likeness (QED) is 0.458. The van der Waals surface area contributed by atoms with E-state index in [2.05, 4.69) is 10.9 Å². The van der Waals surface area contributed by atoms with Crippen molar-refractivity contribution < 1.29 is 31.9 Å². The summed E-state index contributed by atoms with van der Waals surface area (Å²) in [4.78, 5) is 35.3. The predicted molar refractivity (Wildman–Crippen MR) is 107 cm³/mol. The average Bonchev–Trinajstić information content (AvgIpc) is 3.26. The maximum Gasteiger partial charge on any atom is 0.338 e. The summed E-state index contributed by atoms with van der Waals surface area (Å²) in [5.41, 5.74) is 4.00. The van der Waals surface area contributed by atoms with Gasteiger partial charge in [0.2, 0.25) is 10.0 Å². The van der Waals surface area contributed by atoms with Crippen molar-refractivity contribution in [1.82, 2.24) is 15.2 Å². The second kappa shape index (κ2) is 10.3. The fourth-order valence-corrected chi connectivity index (χ4v) is 4.54. The molecule has 30 heavy (non-hydrogen) atoms. The molecule has 0 bridgehead atoms. The molecule has 0 saturated carbocycles. The van der Waals surface area contributed by atoms with Gasteiger partial charge in [0.1, 0.15) is 10.7 Å². The number of sulfonamides is 1. The number of carbonyl (C=O) groups excluding carboxylic acids is 3. The van der Waals surface area contributed by atoms with E-state index in [-0.39, 0.29) is 18.7 Å². The molecule has 0 atom stereocenters. The first-order valence-electron chi connectivity index (χ1n) is 8.80. The third-order valence-electron chi connectivity index (χ3n) is 3.88. The standard InChI is InChI=1S/C18H20FN3O6S2/c1-3-22(4-2)30(26,27)15-10-12(7-8-13(15)19)18(25)28-11-16(23)20-21-17(24)14-6-5-9-29-14/h5-10H,3-4,11H2,1-2H3,(H,20,23)(H,21,24). The van der Waals surface area contributed by atoms with Crippen molar-refractivity contribution in [3.63, 3.8) is 0 Å². The second-order valence-corrected chi connectivity index (χ2v) is 8.64. The number of benzene rings is 1. The summed E-state index contributed by atoms with van der Waals surface area (Å²) in [6.07, 6.45) is 0. The van der Waals surface area contributed by atoms with Gasteiger partial charge in [0.15, 0.2) is 6.61 Å². The van der Waals surface area contributed by atoms with E-state index >= 15 is 0 Å². The van der Waals surface area contributed by atoms with Gasteiger partial charge < -0.3 is 4.74 Å². The zero-order valence-electron chi connectivity index (χ0n) is 16.2. The molecular formula is C18H20FN3O6S2. The van der Waals surface area contributed by atoms with Crippen LogP contribution in [0.3, 0.4) is 0 Å². The largest absolute Gasteiger partial charge is 0.452 e. The predicted octanol–water partition coefficient (Wildman–Crippen LogP) is 1.54. The number of hydrogen-bond donors (Lipinski definition) is 2. The van der Waals surface area contributed by atoms with Gasteiger partial charge in [-0.1, -0.05) is 19.9 Å². The van der Waals surface area contributed by atoms with Crippen LogP contribution < -0.4 is 10.9 Å². The molecule has 162 valence electrons. The summed E-state index contributed by atoms with van der Waals surface area (Å²) in [6.45, 7) is 2.73. The number of hydrazine groups is 1. The Kier molecular flexibility index (Phi) is 8.03. The van der Waals surface area contributed by atoms with Crippen LogP contribution in [-0.2, 0) is 19.6 Å². The third-order valence-corrected chi connectivity index (χ3v) is 6.82. The van der Waals surface area contributed by atoms with Crippen LogP contribution in [0.1, 0.15) is 33.9 Å². The van der Waals surface area contributed by atoms with Gasteiger partial charge in [0.25, 0.3) is 11.8 Å². The van der Waals surface area contributed by atoms with Crippen LogP contribution in [0.5, 0.6) is 0 Å². The number of carbonyl (C=O) groups is 3. The summed E-state index contributed by atoms with van der Waals surface area (Å²) >= 11 is 1.18. The highest BCUT2D eigenvalue weighted by Crippen LogP contribution is 2.21. The van der Waals surface area contributed by atoms with E-state index in [0.717, 1.165) is 22.5 Å². The van der Waals surface area contributed by atoms with E-state index in [1.165, 1.54) is 11.3 Å². The summed E-state index contributed by atoms with van der Waals surface area (Å²) < 4.78 is 45.0. The maximum absolute atomic E-state index is 14.1. The first kappa shape index (κ1) is 23.4. The first-order chi connectivity index (χ1) is 14.2. The maximum atomic E-state index is 14.1. The number of nitrogens with zero attached hydrogens (tertiary/aromatic N) is 1. The van der Waals surface area contributed by atoms with Crippen molar-refractivity contribution in [2.75, 3.05) is 19.7 Å². The van der Waals surface area contributed by atoms with Crippen molar-refractivity contribution in [2.24, 2.45) is 0 Å². The van der Waals surface area contributed by atoms with Crippen molar-refractivity contribution in [3.8, 4) is 0 Å². The van der Waals surface area contributed by atoms with Crippen molar-refractivity contribution in [3.05, 3.63) is 52.0 Å². The average molecular weight is 458 g/mol. The zero-order valence-corrected chi connectivity index (χ0v) is 17.8. The molecule has 0 spiro atoms. The smallest absolute Gasteiger partial charge is 0.338 e. The Morgan fingerprint density at radius 2 is 1.83 bits per heavy atom. The van der Waals surface area contributed by atoms with Gasteiger partial charge >= 0.3 is 5.97 Å². The first-order valence-corrected chi connectivity index (χ1v) is 11.1. The monoisotopic (exact) mass is 457 g/mol. The van der Waals surface area contributed by atoms with Crippen molar-refractivity contribution in [1.29, 1.82) is 0 Å². The SMILES string of the molecule is CCN(CC)S(=O)(=O)c1cc(C(=O)OCC(=O)NNC(=O)c2cccs2)ccc1F. The van der Waals surface area contributed by atoms with E-state index in [1.54, 1.807) is 31.4 Å². The lowest BCUT2D eigenvalue weighted by Gasteiger charge is -2.19. The minimum Gasteiger partial charge on any atom is -0.452 e. The minimum atomic E-state index is -4.13. The van der Waals surface area contributed by atoms with Crippen LogP contribution in [0.2, 0.25) is 0 Å².